The number of hydrogen-bond donors (Lipinski definition) is 2. The van der Waals surface area contributed by atoms with Crippen LogP contribution in [0.15, 0.2) is 0 Å². The fourth-order valence-corrected chi connectivity index (χ4v) is 5.00. The number of carbonyl (C=O) groups is 1. The van der Waals surface area contributed by atoms with Crippen LogP contribution >= 0.6 is 24.8 Å². The van der Waals surface area contributed by atoms with Gasteiger partial charge < -0.3 is 15.4 Å². The van der Waals surface area contributed by atoms with Gasteiger partial charge in [-0.15, -0.1) is 24.8 Å². The summed E-state index contributed by atoms with van der Waals surface area (Å²) in [5.41, 5.74) is 0.0998. The van der Waals surface area contributed by atoms with E-state index in [0.717, 1.165) is 39.4 Å². The van der Waals surface area contributed by atoms with E-state index in [1.54, 1.807) is 0 Å². The highest BCUT2D eigenvalue weighted by atomic mass is 35.5. The minimum absolute atomic E-state index is 0. The summed E-state index contributed by atoms with van der Waals surface area (Å²) in [7, 11) is 0. The van der Waals surface area contributed by atoms with Crippen molar-refractivity contribution in [3.63, 3.8) is 0 Å². The van der Waals surface area contributed by atoms with Gasteiger partial charge in [-0.25, -0.2) is 0 Å². The molecular weight excluding hydrogens is 385 g/mol. The average molecular weight is 424 g/mol. The van der Waals surface area contributed by atoms with Gasteiger partial charge in [0, 0.05) is 44.2 Å². The summed E-state index contributed by atoms with van der Waals surface area (Å²) in [5.74, 6) is 0.232. The Morgan fingerprint density at radius 1 is 0.926 bits per heavy atom. The molecule has 7 heteroatoms. The smallest absolute Gasteiger partial charge is 0.221 e. The second-order valence-corrected chi connectivity index (χ2v) is 8.20. The maximum absolute atomic E-state index is 12.6. The summed E-state index contributed by atoms with van der Waals surface area (Å²) in [4.78, 5) is 15.1. The highest BCUT2D eigenvalue weighted by molar-refractivity contribution is 5.85. The zero-order valence-electron chi connectivity index (χ0n) is 16.7. The van der Waals surface area contributed by atoms with E-state index in [0.29, 0.717) is 12.5 Å². The van der Waals surface area contributed by atoms with Gasteiger partial charge in [-0.1, -0.05) is 38.5 Å². The van der Waals surface area contributed by atoms with Gasteiger partial charge in [0.05, 0.1) is 13.2 Å². The number of carbonyl (C=O) groups excluding carboxylic acids is 1. The molecule has 3 fully saturated rings. The molecule has 0 spiro atoms. The van der Waals surface area contributed by atoms with E-state index in [9.17, 15) is 4.79 Å². The van der Waals surface area contributed by atoms with Crippen LogP contribution in [0.3, 0.4) is 0 Å². The molecule has 27 heavy (non-hydrogen) atoms. The van der Waals surface area contributed by atoms with Crippen LogP contribution in [-0.2, 0) is 9.53 Å². The van der Waals surface area contributed by atoms with Crippen molar-refractivity contribution in [2.45, 2.75) is 82.2 Å². The number of nitrogens with one attached hydrogen (secondary N) is 2. The predicted octanol–water partition coefficient (Wildman–Crippen LogP) is 3.29. The van der Waals surface area contributed by atoms with Crippen LogP contribution in [0.5, 0.6) is 0 Å². The summed E-state index contributed by atoms with van der Waals surface area (Å²) in [6, 6.07) is 0.661. The van der Waals surface area contributed by atoms with E-state index in [-0.39, 0.29) is 36.3 Å². The molecule has 1 aliphatic heterocycles. The third kappa shape index (κ3) is 7.69. The molecule has 2 aliphatic carbocycles. The summed E-state index contributed by atoms with van der Waals surface area (Å²) in [6.07, 6.45) is 13.6. The molecule has 160 valence electrons. The number of hydrogen-bond acceptors (Lipinski definition) is 4. The molecule has 5 nitrogen and oxygen atoms in total. The maximum atomic E-state index is 12.6. The zero-order valence-corrected chi connectivity index (χ0v) is 18.3. The van der Waals surface area contributed by atoms with Crippen LogP contribution in [0.1, 0.15) is 70.6 Å². The number of morpholine rings is 1. The van der Waals surface area contributed by atoms with Crippen molar-refractivity contribution >= 4 is 30.7 Å². The van der Waals surface area contributed by atoms with Crippen LogP contribution in [0.25, 0.3) is 0 Å². The monoisotopic (exact) mass is 423 g/mol. The van der Waals surface area contributed by atoms with Crippen molar-refractivity contribution in [2.24, 2.45) is 0 Å². The Morgan fingerprint density at radius 3 is 2.19 bits per heavy atom. The summed E-state index contributed by atoms with van der Waals surface area (Å²) < 4.78 is 5.50. The Kier molecular flexibility index (Phi) is 12.2. The molecule has 0 aromatic rings. The normalized spacial score (nSPS) is 23.7. The number of ether oxygens (including phenoxy) is 1. The topological polar surface area (TPSA) is 53.6 Å². The number of halogens is 2. The molecule has 1 saturated heterocycles. The van der Waals surface area contributed by atoms with E-state index >= 15 is 0 Å². The van der Waals surface area contributed by atoms with E-state index in [2.05, 4.69) is 15.5 Å². The lowest BCUT2D eigenvalue weighted by Gasteiger charge is -2.43. The largest absolute Gasteiger partial charge is 0.379 e. The average Bonchev–Trinajstić information content (AvgIpc) is 2.96. The second kappa shape index (κ2) is 13.2. The molecule has 2 N–H and O–H groups in total. The first kappa shape index (κ1) is 25.0. The van der Waals surface area contributed by atoms with Crippen molar-refractivity contribution in [1.29, 1.82) is 0 Å². The first-order valence-corrected chi connectivity index (χ1v) is 10.6. The molecule has 0 radical (unpaired) electrons. The fraction of sp³-hybridized carbons (Fsp3) is 0.950. The summed E-state index contributed by atoms with van der Waals surface area (Å²) in [5, 5.41) is 6.81. The zero-order chi connectivity index (χ0) is 17.4. The van der Waals surface area contributed by atoms with Gasteiger partial charge in [0.1, 0.15) is 0 Å². The quantitative estimate of drug-likeness (QED) is 0.487. The van der Waals surface area contributed by atoms with Gasteiger partial charge in [-0.2, -0.15) is 0 Å². The predicted molar refractivity (Wildman–Crippen MR) is 115 cm³/mol. The molecule has 0 bridgehead atoms. The van der Waals surface area contributed by atoms with E-state index in [1.165, 1.54) is 64.2 Å². The van der Waals surface area contributed by atoms with Crippen LogP contribution < -0.4 is 10.6 Å². The summed E-state index contributed by atoms with van der Waals surface area (Å²) >= 11 is 0. The van der Waals surface area contributed by atoms with Gasteiger partial charge >= 0.3 is 0 Å². The molecule has 0 aromatic carbocycles. The van der Waals surface area contributed by atoms with Crippen molar-refractivity contribution in [1.82, 2.24) is 15.5 Å². The van der Waals surface area contributed by atoms with Gasteiger partial charge in [0.2, 0.25) is 5.91 Å². The van der Waals surface area contributed by atoms with Gasteiger partial charge in [0.15, 0.2) is 0 Å². The standard InChI is InChI=1S/C20H37N3O2.2ClH/c24-19(22-12-11-21-18-7-3-1-2-4-8-18)17-20(9-5-6-10-20)23-13-15-25-16-14-23;;/h18,21H,1-17H2,(H,22,24);2*1H. The number of amides is 1. The van der Waals surface area contributed by atoms with Gasteiger partial charge in [-0.3, -0.25) is 9.69 Å². The minimum Gasteiger partial charge on any atom is -0.379 e. The molecule has 2 saturated carbocycles. The SMILES string of the molecule is Cl.Cl.O=C(CC1(N2CCOCC2)CCCC1)NCCNC1CCCCCC1. The van der Waals surface area contributed by atoms with Crippen molar-refractivity contribution in [3.8, 4) is 0 Å². The molecule has 0 aromatic heterocycles. The molecule has 0 unspecified atom stereocenters. The van der Waals surface area contributed by atoms with E-state index in [4.69, 9.17) is 4.74 Å². The molecule has 1 heterocycles. The lowest BCUT2D eigenvalue weighted by molar-refractivity contribution is -0.125. The summed E-state index contributed by atoms with van der Waals surface area (Å²) in [6.45, 7) is 5.26. The maximum Gasteiger partial charge on any atom is 0.221 e. The Labute approximate surface area is 177 Å². The Morgan fingerprint density at radius 2 is 1.56 bits per heavy atom. The first-order valence-electron chi connectivity index (χ1n) is 10.6. The van der Waals surface area contributed by atoms with Gasteiger partial charge in [-0.05, 0) is 25.7 Å². The third-order valence-corrected chi connectivity index (χ3v) is 6.44. The molecule has 3 rings (SSSR count). The Balaban J connectivity index is 0.00000182. The Hall–Kier alpha value is -0.0700. The van der Waals surface area contributed by atoms with Gasteiger partial charge in [0.25, 0.3) is 0 Å². The molecule has 3 aliphatic rings. The van der Waals surface area contributed by atoms with Crippen LogP contribution in [0.2, 0.25) is 0 Å². The molecule has 0 atom stereocenters. The lowest BCUT2D eigenvalue weighted by Crippen LogP contribution is -2.54. The van der Waals surface area contributed by atoms with E-state index < -0.39 is 0 Å². The van der Waals surface area contributed by atoms with Crippen LogP contribution in [0.4, 0.5) is 0 Å². The van der Waals surface area contributed by atoms with Crippen molar-refractivity contribution < 1.29 is 9.53 Å². The number of nitrogens with zero attached hydrogens (tertiary/aromatic N) is 1. The van der Waals surface area contributed by atoms with Crippen LogP contribution in [-0.4, -0.2) is 61.8 Å². The van der Waals surface area contributed by atoms with Crippen molar-refractivity contribution in [3.05, 3.63) is 0 Å². The van der Waals surface area contributed by atoms with E-state index in [1.807, 2.05) is 0 Å². The fourth-order valence-electron chi connectivity index (χ4n) is 5.00. The highest BCUT2D eigenvalue weighted by Crippen LogP contribution is 2.38. The lowest BCUT2D eigenvalue weighted by atomic mass is 9.90. The van der Waals surface area contributed by atoms with Crippen LogP contribution in [0, 0.1) is 0 Å². The highest BCUT2D eigenvalue weighted by Gasteiger charge is 2.41. The molecule has 1 amide bonds. The second-order valence-electron chi connectivity index (χ2n) is 8.20. The first-order chi connectivity index (χ1) is 12.3. The Bertz CT molecular complexity index is 406. The molecular formula is C20H39Cl2N3O2. The number of rotatable bonds is 7. The third-order valence-electron chi connectivity index (χ3n) is 6.44. The van der Waals surface area contributed by atoms with Crippen molar-refractivity contribution in [2.75, 3.05) is 39.4 Å². The minimum atomic E-state index is 0.